The van der Waals surface area contributed by atoms with Gasteiger partial charge < -0.3 is 52.8 Å². The van der Waals surface area contributed by atoms with Gasteiger partial charge in [0.2, 0.25) is 11.7 Å². The minimum absolute atomic E-state index is 0.173. The van der Waals surface area contributed by atoms with E-state index in [4.69, 9.17) is 42.6 Å². The second kappa shape index (κ2) is 27.0. The van der Waals surface area contributed by atoms with Gasteiger partial charge in [0.05, 0.1) is 61.3 Å². The Kier molecular flexibility index (Phi) is 21.5. The summed E-state index contributed by atoms with van der Waals surface area (Å²) in [5, 5.41) is 2.82. The summed E-state index contributed by atoms with van der Waals surface area (Å²) in [6, 6.07) is 15.7. The summed E-state index contributed by atoms with van der Waals surface area (Å²) in [5.41, 5.74) is 2.35. The summed E-state index contributed by atoms with van der Waals surface area (Å²) in [7, 11) is 7.77. The normalized spacial score (nSPS) is 14.6. The van der Waals surface area contributed by atoms with Gasteiger partial charge in [0.1, 0.15) is 17.9 Å². The Bertz CT molecular complexity index is 1810. The Morgan fingerprint density at radius 2 is 1.47 bits per heavy atom. The molecule has 3 aromatic rings. The molecule has 0 radical (unpaired) electrons. The fraction of sp³-hybridized carbons (Fsp3) is 0.562. The number of nitrogens with zero attached hydrogens (tertiary/aromatic N) is 1. The van der Waals surface area contributed by atoms with E-state index >= 15 is 0 Å². The van der Waals surface area contributed by atoms with Gasteiger partial charge in [-0.15, -0.1) is 0 Å². The van der Waals surface area contributed by atoms with Crippen LogP contribution in [0.4, 0.5) is 0 Å². The molecule has 4 rings (SSSR count). The van der Waals surface area contributed by atoms with E-state index in [0.29, 0.717) is 104 Å². The zero-order valence-electron chi connectivity index (χ0n) is 37.8. The van der Waals surface area contributed by atoms with Crippen molar-refractivity contribution in [1.29, 1.82) is 0 Å². The van der Waals surface area contributed by atoms with Crippen LogP contribution in [-0.2, 0) is 35.0 Å². The number of hydrogen-bond donors (Lipinski definition) is 1. The van der Waals surface area contributed by atoms with Gasteiger partial charge in [-0.2, -0.15) is 0 Å². The fourth-order valence-electron chi connectivity index (χ4n) is 7.56. The predicted molar refractivity (Wildman–Crippen MR) is 236 cm³/mol. The minimum Gasteiger partial charge on any atom is -0.493 e. The largest absolute Gasteiger partial charge is 0.493 e. The first kappa shape index (κ1) is 49.4. The molecule has 0 bridgehead atoms. The van der Waals surface area contributed by atoms with Crippen LogP contribution in [0.5, 0.6) is 34.5 Å². The molecule has 1 aliphatic rings. The summed E-state index contributed by atoms with van der Waals surface area (Å²) in [5.74, 6) is 1.46. The number of hydrogen-bond acceptors (Lipinski definition) is 12. The van der Waals surface area contributed by atoms with E-state index in [9.17, 15) is 14.4 Å². The van der Waals surface area contributed by atoms with Crippen molar-refractivity contribution < 1.29 is 57.0 Å². The van der Waals surface area contributed by atoms with Crippen LogP contribution in [0.15, 0.2) is 54.6 Å². The smallest absolute Gasteiger partial charge is 0.329 e. The first-order chi connectivity index (χ1) is 30.2. The van der Waals surface area contributed by atoms with E-state index in [2.05, 4.69) is 12.2 Å². The number of likely N-dealkylation sites (tertiary alicyclic amines) is 1. The second-order valence-electron chi connectivity index (χ2n) is 15.1. The molecule has 3 atom stereocenters. The van der Waals surface area contributed by atoms with Crippen molar-refractivity contribution in [3.05, 3.63) is 71.3 Å². The number of amides is 2. The molecule has 1 heterocycles. The summed E-state index contributed by atoms with van der Waals surface area (Å²) < 4.78 is 51.2. The molecule has 0 unspecified atom stereocenters. The second-order valence-corrected chi connectivity index (χ2v) is 15.1. The zero-order chi connectivity index (χ0) is 44.7. The average Bonchev–Trinajstić information content (AvgIpc) is 3.30. The van der Waals surface area contributed by atoms with Gasteiger partial charge in [0.25, 0.3) is 5.91 Å². The Labute approximate surface area is 367 Å². The van der Waals surface area contributed by atoms with Crippen LogP contribution in [0.3, 0.4) is 0 Å². The van der Waals surface area contributed by atoms with Crippen LogP contribution in [0.2, 0.25) is 0 Å². The van der Waals surface area contributed by atoms with Gasteiger partial charge in [-0.1, -0.05) is 51.3 Å². The lowest BCUT2D eigenvalue weighted by Crippen LogP contribution is -2.50. The molecular weight excluding hydrogens is 797 g/mol. The lowest BCUT2D eigenvalue weighted by atomic mass is 9.91. The number of nitrogens with one attached hydrogen (secondary N) is 1. The third kappa shape index (κ3) is 14.7. The predicted octanol–water partition coefficient (Wildman–Crippen LogP) is 7.63. The number of esters is 1. The summed E-state index contributed by atoms with van der Waals surface area (Å²) >= 11 is 0. The molecule has 62 heavy (non-hydrogen) atoms. The molecule has 0 spiro atoms. The Morgan fingerprint density at radius 3 is 2.15 bits per heavy atom. The van der Waals surface area contributed by atoms with Crippen LogP contribution < -0.4 is 33.7 Å². The quantitative estimate of drug-likeness (QED) is 0.0565. The van der Waals surface area contributed by atoms with Gasteiger partial charge in [-0.3, -0.25) is 9.59 Å². The third-order valence-electron chi connectivity index (χ3n) is 10.9. The minimum atomic E-state index is -0.786. The molecule has 1 saturated heterocycles. The van der Waals surface area contributed by atoms with E-state index in [1.54, 1.807) is 49.5 Å². The number of unbranched alkanes of at least 4 members (excludes halogenated alkanes) is 3. The van der Waals surface area contributed by atoms with Gasteiger partial charge in [0, 0.05) is 19.7 Å². The highest BCUT2D eigenvalue weighted by atomic mass is 16.6. The van der Waals surface area contributed by atoms with Crippen molar-refractivity contribution in [3.63, 3.8) is 0 Å². The van der Waals surface area contributed by atoms with Crippen molar-refractivity contribution in [2.45, 2.75) is 96.1 Å². The van der Waals surface area contributed by atoms with E-state index in [1.165, 1.54) is 40.6 Å². The number of piperidine rings is 1. The lowest BCUT2D eigenvalue weighted by Gasteiger charge is -2.37. The van der Waals surface area contributed by atoms with Crippen molar-refractivity contribution in [2.24, 2.45) is 0 Å². The average molecular weight is 865 g/mol. The number of benzene rings is 3. The first-order valence-electron chi connectivity index (χ1n) is 21.9. The maximum Gasteiger partial charge on any atom is 0.329 e. The van der Waals surface area contributed by atoms with Gasteiger partial charge >= 0.3 is 5.97 Å². The highest BCUT2D eigenvalue weighted by molar-refractivity contribution is 5.89. The molecule has 0 aliphatic carbocycles. The Balaban J connectivity index is 1.46. The van der Waals surface area contributed by atoms with Crippen LogP contribution in [-0.4, -0.2) is 110 Å². The molecule has 1 aliphatic heterocycles. The van der Waals surface area contributed by atoms with Crippen molar-refractivity contribution in [1.82, 2.24) is 10.2 Å². The maximum atomic E-state index is 14.4. The molecule has 1 N–H and O–H groups in total. The molecule has 0 aromatic heterocycles. The van der Waals surface area contributed by atoms with Gasteiger partial charge in [-0.05, 0) is 98.0 Å². The number of rotatable bonds is 28. The zero-order valence-corrected chi connectivity index (χ0v) is 37.8. The van der Waals surface area contributed by atoms with Crippen molar-refractivity contribution in [3.8, 4) is 34.5 Å². The highest BCUT2D eigenvalue weighted by Crippen LogP contribution is 2.41. The number of ether oxygens (including phenoxy) is 9. The lowest BCUT2D eigenvalue weighted by molar-refractivity contribution is -0.162. The molecule has 14 heteroatoms. The Hall–Kier alpha value is -5.21. The van der Waals surface area contributed by atoms with Crippen LogP contribution in [0, 0.1) is 0 Å². The maximum absolute atomic E-state index is 14.4. The molecule has 1 fully saturated rings. The number of methoxy groups -OCH3 is 5. The highest BCUT2D eigenvalue weighted by Gasteiger charge is 2.38. The summed E-state index contributed by atoms with van der Waals surface area (Å²) in [6.45, 7) is 6.77. The van der Waals surface area contributed by atoms with Crippen LogP contribution >= 0.6 is 0 Å². The monoisotopic (exact) mass is 864 g/mol. The standard InChI is InChI=1S/C48H68N2O12/c1-8-10-11-14-25-59-27-28-60-26-23-49-45(51)33-61-37-17-15-16-35(30-37)40(21-19-34-20-22-41(54-3)42(29-34)55-4)62-48(53)39-18-12-13-24-50(39)47(52)38(9-2)36-31-43(56-5)46(58-7)44(32-36)57-6/h15-17,20,22,29-32,38-40H,8-14,18-19,21,23-28,33H2,1-7H3,(H,49,51)/t38-,39-,40+/m0/s1. The van der Waals surface area contributed by atoms with Crippen molar-refractivity contribution >= 4 is 17.8 Å². The van der Waals surface area contributed by atoms with E-state index in [1.807, 2.05) is 31.2 Å². The number of carbonyl (C=O) groups excluding carboxylic acids is 3. The van der Waals surface area contributed by atoms with Gasteiger partial charge in [-0.25, -0.2) is 4.79 Å². The van der Waals surface area contributed by atoms with E-state index in [0.717, 1.165) is 31.4 Å². The first-order valence-corrected chi connectivity index (χ1v) is 21.9. The van der Waals surface area contributed by atoms with Crippen molar-refractivity contribution in [2.75, 3.05) is 81.7 Å². The number of carbonyl (C=O) groups is 3. The molecule has 0 saturated carbocycles. The molecular formula is C48H68N2O12. The van der Waals surface area contributed by atoms with Gasteiger partial charge in [0.15, 0.2) is 29.6 Å². The van der Waals surface area contributed by atoms with Crippen LogP contribution in [0.1, 0.15) is 100 Å². The SMILES string of the molecule is CCCCCCOCCOCCNC(=O)COc1cccc([C@@H](CCc2ccc(OC)c(OC)c2)OC(=O)[C@@H]2CCCCN2C(=O)[C@@H](CC)c2cc(OC)c(OC)c(OC)c2)c1. The van der Waals surface area contributed by atoms with E-state index in [-0.39, 0.29) is 18.4 Å². The third-order valence-corrected chi connectivity index (χ3v) is 10.9. The fourth-order valence-corrected chi connectivity index (χ4v) is 7.56. The summed E-state index contributed by atoms with van der Waals surface area (Å²) in [6.07, 6.45) is 7.37. The Morgan fingerprint density at radius 1 is 0.742 bits per heavy atom. The van der Waals surface area contributed by atoms with Crippen LogP contribution in [0.25, 0.3) is 0 Å². The molecule has 342 valence electrons. The topological polar surface area (TPSA) is 150 Å². The molecule has 2 amide bonds. The summed E-state index contributed by atoms with van der Waals surface area (Å²) in [4.78, 5) is 43.1. The van der Waals surface area contributed by atoms with E-state index < -0.39 is 24.0 Å². The molecule has 14 nitrogen and oxygen atoms in total. The number of aryl methyl sites for hydroxylation is 1. The molecule has 3 aromatic carbocycles.